The second-order valence-corrected chi connectivity index (χ2v) is 5.79. The van der Waals surface area contributed by atoms with Gasteiger partial charge in [0.05, 0.1) is 7.11 Å². The summed E-state index contributed by atoms with van der Waals surface area (Å²) in [6.07, 6.45) is 3.58. The Hall–Kier alpha value is -1.59. The second-order valence-electron chi connectivity index (χ2n) is 5.79. The van der Waals surface area contributed by atoms with E-state index in [2.05, 4.69) is 29.2 Å². The number of ether oxygens (including phenoxy) is 1. The van der Waals surface area contributed by atoms with Crippen molar-refractivity contribution in [3.63, 3.8) is 0 Å². The first kappa shape index (κ1) is 17.5. The molecule has 0 aromatic rings. The average Bonchev–Trinajstić information content (AvgIpc) is 2.47. The van der Waals surface area contributed by atoms with Gasteiger partial charge in [0.2, 0.25) is 11.8 Å². The lowest BCUT2D eigenvalue weighted by molar-refractivity contribution is -0.141. The fourth-order valence-corrected chi connectivity index (χ4v) is 2.62. The maximum absolute atomic E-state index is 11.9. The molecule has 0 aromatic carbocycles. The van der Waals surface area contributed by atoms with E-state index in [0.29, 0.717) is 11.8 Å². The number of rotatable bonds is 6. The highest BCUT2D eigenvalue weighted by atomic mass is 16.5. The zero-order valence-corrected chi connectivity index (χ0v) is 13.1. The third-order valence-electron chi connectivity index (χ3n) is 4.29. The van der Waals surface area contributed by atoms with Gasteiger partial charge in [-0.2, -0.15) is 0 Å². The molecule has 1 aliphatic rings. The molecule has 1 saturated carbocycles. The Kier molecular flexibility index (Phi) is 7.19. The molecule has 0 radical (unpaired) electrons. The Morgan fingerprint density at radius 1 is 1.10 bits per heavy atom. The van der Waals surface area contributed by atoms with Crippen LogP contribution in [0.25, 0.3) is 0 Å². The number of hydrogen-bond donors (Lipinski definition) is 2. The summed E-state index contributed by atoms with van der Waals surface area (Å²) in [6, 6.07) is 0.208. The molecule has 21 heavy (non-hydrogen) atoms. The molecule has 0 unspecified atom stereocenters. The highest BCUT2D eigenvalue weighted by Crippen LogP contribution is 2.29. The van der Waals surface area contributed by atoms with Crippen molar-refractivity contribution in [2.75, 3.05) is 13.7 Å². The van der Waals surface area contributed by atoms with Crippen molar-refractivity contribution in [3.8, 4) is 0 Å². The van der Waals surface area contributed by atoms with Crippen LogP contribution in [0.1, 0.15) is 46.0 Å². The molecule has 1 aliphatic carbocycles. The van der Waals surface area contributed by atoms with Crippen molar-refractivity contribution in [3.05, 3.63) is 0 Å². The number of amides is 2. The van der Waals surface area contributed by atoms with E-state index in [-0.39, 0.29) is 37.2 Å². The summed E-state index contributed by atoms with van der Waals surface area (Å²) in [5.74, 6) is 0.163. The zero-order valence-electron chi connectivity index (χ0n) is 13.1. The Labute approximate surface area is 126 Å². The molecule has 2 amide bonds. The largest absolute Gasteiger partial charge is 0.468 e. The maximum Gasteiger partial charge on any atom is 0.325 e. The zero-order chi connectivity index (χ0) is 15.8. The van der Waals surface area contributed by atoms with Gasteiger partial charge in [-0.05, 0) is 18.3 Å². The second kappa shape index (κ2) is 8.64. The topological polar surface area (TPSA) is 84.5 Å². The predicted octanol–water partition coefficient (Wildman–Crippen LogP) is 0.997. The molecule has 0 spiro atoms. The highest BCUT2D eigenvalue weighted by Gasteiger charge is 2.28. The molecule has 1 rings (SSSR count). The van der Waals surface area contributed by atoms with Crippen LogP contribution >= 0.6 is 0 Å². The van der Waals surface area contributed by atoms with Crippen LogP contribution in [0, 0.1) is 11.8 Å². The van der Waals surface area contributed by atoms with E-state index in [1.54, 1.807) is 0 Å². The Morgan fingerprint density at radius 3 is 2.43 bits per heavy atom. The SMILES string of the molecule is COC(=O)CNC(=O)CCC(=O)N[C@@H]1CCC[C@H](C)[C@@H]1C. The number of methoxy groups -OCH3 is 1. The van der Waals surface area contributed by atoms with Gasteiger partial charge in [-0.1, -0.05) is 26.7 Å². The molecule has 0 aromatic heterocycles. The van der Waals surface area contributed by atoms with Gasteiger partial charge < -0.3 is 15.4 Å². The molecule has 0 heterocycles. The molecule has 120 valence electrons. The Morgan fingerprint density at radius 2 is 1.76 bits per heavy atom. The van der Waals surface area contributed by atoms with E-state index in [9.17, 15) is 14.4 Å². The van der Waals surface area contributed by atoms with E-state index >= 15 is 0 Å². The Balaban J connectivity index is 2.24. The molecule has 0 saturated heterocycles. The number of carbonyl (C=O) groups is 3. The minimum Gasteiger partial charge on any atom is -0.468 e. The molecule has 1 fully saturated rings. The van der Waals surface area contributed by atoms with E-state index < -0.39 is 5.97 Å². The minimum absolute atomic E-state index is 0.0828. The van der Waals surface area contributed by atoms with Crippen molar-refractivity contribution in [1.29, 1.82) is 0 Å². The van der Waals surface area contributed by atoms with Crippen LogP contribution in [0.5, 0.6) is 0 Å². The molecule has 0 aliphatic heterocycles. The number of carbonyl (C=O) groups excluding carboxylic acids is 3. The highest BCUT2D eigenvalue weighted by molar-refractivity contribution is 5.86. The summed E-state index contributed by atoms with van der Waals surface area (Å²) in [4.78, 5) is 34.2. The summed E-state index contributed by atoms with van der Waals surface area (Å²) >= 11 is 0. The molecule has 0 bridgehead atoms. The molecule has 6 heteroatoms. The first-order valence-electron chi connectivity index (χ1n) is 7.57. The van der Waals surface area contributed by atoms with Gasteiger partial charge in [0.1, 0.15) is 6.54 Å². The molecular weight excluding hydrogens is 272 g/mol. The normalized spacial score (nSPS) is 25.0. The van der Waals surface area contributed by atoms with Gasteiger partial charge in [-0.25, -0.2) is 0 Å². The number of nitrogens with one attached hydrogen (secondary N) is 2. The van der Waals surface area contributed by atoms with Crippen LogP contribution in [-0.4, -0.2) is 37.5 Å². The van der Waals surface area contributed by atoms with Crippen molar-refractivity contribution >= 4 is 17.8 Å². The van der Waals surface area contributed by atoms with E-state index in [4.69, 9.17) is 0 Å². The van der Waals surface area contributed by atoms with Crippen LogP contribution < -0.4 is 10.6 Å². The van der Waals surface area contributed by atoms with E-state index in [0.717, 1.165) is 12.8 Å². The lowest BCUT2D eigenvalue weighted by Gasteiger charge is -2.34. The van der Waals surface area contributed by atoms with Crippen molar-refractivity contribution in [2.45, 2.75) is 52.0 Å². The Bertz CT molecular complexity index is 384. The van der Waals surface area contributed by atoms with Crippen LogP contribution in [-0.2, 0) is 19.1 Å². The van der Waals surface area contributed by atoms with Crippen LogP contribution in [0.4, 0.5) is 0 Å². The summed E-state index contributed by atoms with van der Waals surface area (Å²) in [7, 11) is 1.26. The minimum atomic E-state index is -0.502. The van der Waals surface area contributed by atoms with Crippen LogP contribution in [0.3, 0.4) is 0 Å². The van der Waals surface area contributed by atoms with Gasteiger partial charge in [0.15, 0.2) is 0 Å². The van der Waals surface area contributed by atoms with Gasteiger partial charge in [-0.15, -0.1) is 0 Å². The molecule has 3 atom stereocenters. The maximum atomic E-state index is 11.9. The fourth-order valence-electron chi connectivity index (χ4n) is 2.62. The molecular formula is C15H26N2O4. The number of hydrogen-bond acceptors (Lipinski definition) is 4. The van der Waals surface area contributed by atoms with Crippen LogP contribution in [0.15, 0.2) is 0 Å². The van der Waals surface area contributed by atoms with E-state index in [1.165, 1.54) is 13.5 Å². The van der Waals surface area contributed by atoms with Gasteiger partial charge in [-0.3, -0.25) is 14.4 Å². The molecule has 2 N–H and O–H groups in total. The fraction of sp³-hybridized carbons (Fsp3) is 0.800. The lowest BCUT2D eigenvalue weighted by atomic mass is 9.78. The predicted molar refractivity (Wildman–Crippen MR) is 78.4 cm³/mol. The third-order valence-corrected chi connectivity index (χ3v) is 4.29. The van der Waals surface area contributed by atoms with Gasteiger partial charge in [0.25, 0.3) is 0 Å². The lowest BCUT2D eigenvalue weighted by Crippen LogP contribution is -2.44. The van der Waals surface area contributed by atoms with Gasteiger partial charge >= 0.3 is 5.97 Å². The number of esters is 1. The summed E-state index contributed by atoms with van der Waals surface area (Å²) < 4.78 is 4.42. The summed E-state index contributed by atoms with van der Waals surface area (Å²) in [6.45, 7) is 4.22. The third kappa shape index (κ3) is 6.14. The van der Waals surface area contributed by atoms with Crippen molar-refractivity contribution in [2.24, 2.45) is 11.8 Å². The standard InChI is InChI=1S/C15H26N2O4/c1-10-5-4-6-12(11(10)2)17-14(19)8-7-13(18)16-9-15(20)21-3/h10-12H,4-9H2,1-3H3,(H,16,18)(H,17,19)/t10-,11-,12+/m0/s1. The molecule has 6 nitrogen and oxygen atoms in total. The van der Waals surface area contributed by atoms with Gasteiger partial charge in [0, 0.05) is 18.9 Å². The van der Waals surface area contributed by atoms with Crippen molar-refractivity contribution < 1.29 is 19.1 Å². The quantitative estimate of drug-likeness (QED) is 0.716. The van der Waals surface area contributed by atoms with Crippen molar-refractivity contribution in [1.82, 2.24) is 10.6 Å². The first-order chi connectivity index (χ1) is 9.93. The summed E-state index contributed by atoms with van der Waals surface area (Å²) in [5.41, 5.74) is 0. The monoisotopic (exact) mass is 298 g/mol. The smallest absolute Gasteiger partial charge is 0.325 e. The van der Waals surface area contributed by atoms with Crippen LogP contribution in [0.2, 0.25) is 0 Å². The first-order valence-corrected chi connectivity index (χ1v) is 7.57. The summed E-state index contributed by atoms with van der Waals surface area (Å²) in [5, 5.41) is 5.43. The van der Waals surface area contributed by atoms with E-state index in [1.807, 2.05) is 0 Å². The average molecular weight is 298 g/mol.